The lowest BCUT2D eigenvalue weighted by atomic mass is 10.0. The highest BCUT2D eigenvalue weighted by Crippen LogP contribution is 2.67. The Hall–Kier alpha value is -2.35. The number of hydrogen-bond donors (Lipinski definition) is 0. The van der Waals surface area contributed by atoms with E-state index < -0.39 is 35.6 Å². The molecule has 2 aromatic rings. The molecule has 0 unspecified atom stereocenters. The van der Waals surface area contributed by atoms with Crippen LogP contribution >= 0.6 is 11.6 Å². The third-order valence-electron chi connectivity index (χ3n) is 4.97. The highest BCUT2D eigenvalue weighted by molar-refractivity contribution is 6.31. The number of nitrogens with zero attached hydrogens (tertiary/aromatic N) is 3. The van der Waals surface area contributed by atoms with Crippen molar-refractivity contribution in [1.29, 1.82) is 0 Å². The summed E-state index contributed by atoms with van der Waals surface area (Å²) in [6.45, 7) is 0.0656. The third kappa shape index (κ3) is 2.43. The van der Waals surface area contributed by atoms with Crippen molar-refractivity contribution >= 4 is 23.3 Å². The van der Waals surface area contributed by atoms with E-state index in [0.717, 1.165) is 0 Å². The quantitative estimate of drug-likeness (QED) is 0.759. The summed E-state index contributed by atoms with van der Waals surface area (Å²) in [6.07, 6.45) is 2.73. The summed E-state index contributed by atoms with van der Waals surface area (Å²) >= 11 is 6.05. The van der Waals surface area contributed by atoms with Crippen LogP contribution in [0.15, 0.2) is 30.6 Å². The van der Waals surface area contributed by atoms with Crippen LogP contribution in [0, 0.1) is 17.7 Å². The molecule has 3 atom stereocenters. The number of carbonyl (C=O) groups is 1. The monoisotopic (exact) mass is 383 g/mol. The molecule has 0 N–H and O–H groups in total. The first kappa shape index (κ1) is 17.1. The molecule has 2 heterocycles. The maximum atomic E-state index is 14.1. The fourth-order valence-electron chi connectivity index (χ4n) is 3.64. The number of esters is 1. The van der Waals surface area contributed by atoms with Gasteiger partial charge in [0.2, 0.25) is 5.82 Å². The second-order valence-corrected chi connectivity index (χ2v) is 6.68. The normalized spacial score (nSPS) is 25.7. The molecular weight excluding hydrogens is 371 g/mol. The minimum absolute atomic E-state index is 0.0656. The molecule has 0 amide bonds. The van der Waals surface area contributed by atoms with Crippen molar-refractivity contribution in [3.05, 3.63) is 52.8 Å². The summed E-state index contributed by atoms with van der Waals surface area (Å²) < 4.78 is 46.5. The van der Waals surface area contributed by atoms with E-state index in [1.807, 2.05) is 0 Å². The van der Waals surface area contributed by atoms with Gasteiger partial charge < -0.3 is 9.64 Å². The minimum atomic E-state index is -2.82. The average Bonchev–Trinajstić information content (AvgIpc) is 2.98. The SMILES string of the molecule is COC(=O)c1ncc(N2C[C@@H]3[C@H]([C@H]2c2cccc(F)c2Cl)C3(F)F)cn1. The number of piperidine rings is 1. The van der Waals surface area contributed by atoms with Crippen molar-refractivity contribution in [3.8, 4) is 0 Å². The second-order valence-electron chi connectivity index (χ2n) is 6.30. The zero-order chi connectivity index (χ0) is 18.6. The Bertz CT molecular complexity index is 878. The number of fused-ring (bicyclic) bond motifs is 1. The van der Waals surface area contributed by atoms with Crippen molar-refractivity contribution in [3.63, 3.8) is 0 Å². The number of carbonyl (C=O) groups excluding carboxylic acids is 1. The van der Waals surface area contributed by atoms with E-state index >= 15 is 0 Å². The highest BCUT2D eigenvalue weighted by atomic mass is 35.5. The number of hydrogen-bond acceptors (Lipinski definition) is 5. The molecule has 1 saturated carbocycles. The number of halogens is 4. The summed E-state index contributed by atoms with van der Waals surface area (Å²) in [7, 11) is 1.21. The van der Waals surface area contributed by atoms with Gasteiger partial charge >= 0.3 is 5.97 Å². The Balaban J connectivity index is 1.72. The first-order chi connectivity index (χ1) is 12.4. The van der Waals surface area contributed by atoms with Crippen molar-refractivity contribution in [2.45, 2.75) is 12.0 Å². The Labute approximate surface area is 151 Å². The van der Waals surface area contributed by atoms with E-state index in [-0.39, 0.29) is 17.4 Å². The fourth-order valence-corrected chi connectivity index (χ4v) is 3.88. The van der Waals surface area contributed by atoms with Crippen LogP contribution in [0.5, 0.6) is 0 Å². The maximum Gasteiger partial charge on any atom is 0.376 e. The van der Waals surface area contributed by atoms with Gasteiger partial charge in [0.25, 0.3) is 5.92 Å². The second kappa shape index (κ2) is 5.84. The van der Waals surface area contributed by atoms with E-state index in [1.54, 1.807) is 11.0 Å². The summed E-state index contributed by atoms with van der Waals surface area (Å²) in [5, 5.41) is -0.169. The number of aromatic nitrogens is 2. The lowest BCUT2D eigenvalue weighted by Crippen LogP contribution is -2.31. The molecule has 1 aliphatic carbocycles. The highest BCUT2D eigenvalue weighted by Gasteiger charge is 2.76. The molecule has 0 spiro atoms. The molecule has 9 heteroatoms. The summed E-state index contributed by atoms with van der Waals surface area (Å²) in [4.78, 5) is 20.9. The Morgan fingerprint density at radius 3 is 2.69 bits per heavy atom. The summed E-state index contributed by atoms with van der Waals surface area (Å²) in [5.74, 6) is -6.10. The van der Waals surface area contributed by atoms with E-state index in [1.165, 1.54) is 31.6 Å². The van der Waals surface area contributed by atoms with Gasteiger partial charge in [-0.3, -0.25) is 0 Å². The molecule has 1 aromatic carbocycles. The number of ether oxygens (including phenoxy) is 1. The Morgan fingerprint density at radius 2 is 2.04 bits per heavy atom. The first-order valence-electron chi connectivity index (χ1n) is 7.85. The van der Waals surface area contributed by atoms with Gasteiger partial charge in [0.1, 0.15) is 5.82 Å². The molecule has 2 aliphatic rings. The molecule has 26 heavy (non-hydrogen) atoms. The lowest BCUT2D eigenvalue weighted by molar-refractivity contribution is 0.0586. The zero-order valence-corrected chi connectivity index (χ0v) is 14.3. The standard InChI is InChI=1S/C17H13ClF3N3O2/c1-26-16(25)15-22-5-8(6-23-15)24-7-10-12(17(10,20)21)14(24)9-3-2-4-11(19)13(9)18/h2-6,10,12,14H,7H2,1H3/t10-,12-,14-/m1/s1. The number of alkyl halides is 2. The fraction of sp³-hybridized carbons (Fsp3) is 0.353. The predicted molar refractivity (Wildman–Crippen MR) is 86.8 cm³/mol. The van der Waals surface area contributed by atoms with Gasteiger partial charge in [-0.15, -0.1) is 0 Å². The molecule has 1 aromatic heterocycles. The minimum Gasteiger partial charge on any atom is -0.463 e. The van der Waals surface area contributed by atoms with E-state index in [4.69, 9.17) is 11.6 Å². The van der Waals surface area contributed by atoms with Crippen LogP contribution in [-0.2, 0) is 4.74 Å². The van der Waals surface area contributed by atoms with Crippen LogP contribution in [0.1, 0.15) is 22.2 Å². The van der Waals surface area contributed by atoms with Crippen LogP contribution in [0.25, 0.3) is 0 Å². The van der Waals surface area contributed by atoms with Gasteiger partial charge in [-0.25, -0.2) is 27.9 Å². The lowest BCUT2D eigenvalue weighted by Gasteiger charge is -2.31. The molecule has 4 rings (SSSR count). The maximum absolute atomic E-state index is 14.1. The van der Waals surface area contributed by atoms with Gasteiger partial charge in [0.15, 0.2) is 0 Å². The topological polar surface area (TPSA) is 55.3 Å². The van der Waals surface area contributed by atoms with Gasteiger partial charge in [-0.2, -0.15) is 0 Å². The molecule has 5 nitrogen and oxygen atoms in total. The van der Waals surface area contributed by atoms with Crippen molar-refractivity contribution in [2.75, 3.05) is 18.6 Å². The Kier molecular flexibility index (Phi) is 3.83. The van der Waals surface area contributed by atoms with Crippen molar-refractivity contribution in [1.82, 2.24) is 9.97 Å². The van der Waals surface area contributed by atoms with Crippen LogP contribution in [0.3, 0.4) is 0 Å². The van der Waals surface area contributed by atoms with Crippen molar-refractivity contribution < 1.29 is 22.7 Å². The molecule has 1 aliphatic heterocycles. The van der Waals surface area contributed by atoms with E-state index in [9.17, 15) is 18.0 Å². The smallest absolute Gasteiger partial charge is 0.376 e. The number of rotatable bonds is 3. The number of methoxy groups -OCH3 is 1. The average molecular weight is 384 g/mol. The largest absolute Gasteiger partial charge is 0.463 e. The molecule has 1 saturated heterocycles. The molecule has 0 radical (unpaired) electrons. The Morgan fingerprint density at radius 1 is 1.35 bits per heavy atom. The van der Waals surface area contributed by atoms with Crippen LogP contribution < -0.4 is 4.90 Å². The van der Waals surface area contributed by atoms with Gasteiger partial charge in [-0.1, -0.05) is 23.7 Å². The van der Waals surface area contributed by atoms with Crippen LogP contribution in [-0.4, -0.2) is 35.5 Å². The molecule has 136 valence electrons. The van der Waals surface area contributed by atoms with Gasteiger partial charge in [0, 0.05) is 6.54 Å². The molecule has 2 fully saturated rings. The van der Waals surface area contributed by atoms with Gasteiger partial charge in [0.05, 0.1) is 48.1 Å². The van der Waals surface area contributed by atoms with Crippen molar-refractivity contribution in [2.24, 2.45) is 11.8 Å². The van der Waals surface area contributed by atoms with Crippen LogP contribution in [0.2, 0.25) is 5.02 Å². The zero-order valence-electron chi connectivity index (χ0n) is 13.5. The number of benzene rings is 1. The molecular formula is C17H13ClF3N3O2. The predicted octanol–water partition coefficient (Wildman–Crippen LogP) is 3.50. The van der Waals surface area contributed by atoms with E-state index in [2.05, 4.69) is 14.7 Å². The third-order valence-corrected chi connectivity index (χ3v) is 5.37. The van der Waals surface area contributed by atoms with Gasteiger partial charge in [-0.05, 0) is 11.6 Å². The summed E-state index contributed by atoms with van der Waals surface area (Å²) in [5.41, 5.74) is 0.749. The number of anilines is 1. The van der Waals surface area contributed by atoms with Crippen LogP contribution in [0.4, 0.5) is 18.9 Å². The van der Waals surface area contributed by atoms with E-state index in [0.29, 0.717) is 11.3 Å². The summed E-state index contributed by atoms with van der Waals surface area (Å²) in [6, 6.07) is 3.37. The molecule has 0 bridgehead atoms. The first-order valence-corrected chi connectivity index (χ1v) is 8.22.